The molecule has 0 aromatic heterocycles. The molecule has 1 aliphatic rings. The summed E-state index contributed by atoms with van der Waals surface area (Å²) in [6.07, 6.45) is -4.37. The van der Waals surface area contributed by atoms with Gasteiger partial charge in [0.15, 0.2) is 0 Å². The summed E-state index contributed by atoms with van der Waals surface area (Å²) in [6.45, 7) is 6.26. The fourth-order valence-electron chi connectivity index (χ4n) is 2.84. The number of piperazine rings is 1. The van der Waals surface area contributed by atoms with E-state index in [0.29, 0.717) is 13.1 Å². The van der Waals surface area contributed by atoms with Crippen molar-refractivity contribution in [3.63, 3.8) is 0 Å². The fourth-order valence-corrected chi connectivity index (χ4v) is 2.84. The molecule has 1 atom stereocenters. The average Bonchev–Trinajstić information content (AvgIpc) is 2.54. The zero-order chi connectivity index (χ0) is 17.7. The molecule has 7 heteroatoms. The lowest BCUT2D eigenvalue weighted by Gasteiger charge is -2.37. The normalized spacial score (nSPS) is 18.4. The summed E-state index contributed by atoms with van der Waals surface area (Å²) >= 11 is 0. The first-order valence-corrected chi connectivity index (χ1v) is 8.11. The van der Waals surface area contributed by atoms with Crippen LogP contribution in [0.25, 0.3) is 0 Å². The summed E-state index contributed by atoms with van der Waals surface area (Å²) in [5.74, 6) is -0.570. The summed E-state index contributed by atoms with van der Waals surface area (Å²) < 4.78 is 36.5. The molecule has 1 fully saturated rings. The van der Waals surface area contributed by atoms with E-state index in [0.717, 1.165) is 19.6 Å². The van der Waals surface area contributed by atoms with Crippen LogP contribution < -0.4 is 5.32 Å². The van der Waals surface area contributed by atoms with Gasteiger partial charge in [-0.05, 0) is 25.0 Å². The molecular weight excluding hydrogens is 319 g/mol. The van der Waals surface area contributed by atoms with Crippen molar-refractivity contribution in [3.05, 3.63) is 35.4 Å². The Labute approximate surface area is 140 Å². The molecule has 134 valence electrons. The second kappa shape index (κ2) is 7.98. The Bertz CT molecular complexity index is 554. The second-order valence-electron chi connectivity index (χ2n) is 6.25. The van der Waals surface area contributed by atoms with Gasteiger partial charge in [0, 0.05) is 32.7 Å². The van der Waals surface area contributed by atoms with Gasteiger partial charge in [-0.1, -0.05) is 24.3 Å². The van der Waals surface area contributed by atoms with Gasteiger partial charge >= 0.3 is 6.18 Å². The molecule has 0 aliphatic carbocycles. The maximum atomic E-state index is 12.2. The maximum Gasteiger partial charge on any atom is 0.405 e. The molecule has 0 saturated carbocycles. The number of amides is 1. The predicted octanol–water partition coefficient (Wildman–Crippen LogP) is 2.18. The molecular formula is C17H24F3N3O. The number of rotatable bonds is 5. The molecule has 1 saturated heterocycles. The summed E-state index contributed by atoms with van der Waals surface area (Å²) in [7, 11) is 0. The van der Waals surface area contributed by atoms with Crippen LogP contribution in [-0.4, -0.2) is 60.6 Å². The molecule has 1 aromatic rings. The Kier molecular flexibility index (Phi) is 6.23. The van der Waals surface area contributed by atoms with Gasteiger partial charge in [-0.2, -0.15) is 13.2 Å². The van der Waals surface area contributed by atoms with Gasteiger partial charge in [-0.15, -0.1) is 0 Å². The van der Waals surface area contributed by atoms with Crippen LogP contribution in [0.3, 0.4) is 0 Å². The van der Waals surface area contributed by atoms with Crippen LogP contribution in [0.15, 0.2) is 24.3 Å². The van der Waals surface area contributed by atoms with Gasteiger partial charge in [-0.25, -0.2) is 0 Å². The number of aryl methyl sites for hydroxylation is 1. The molecule has 24 heavy (non-hydrogen) atoms. The van der Waals surface area contributed by atoms with E-state index in [4.69, 9.17) is 0 Å². The van der Waals surface area contributed by atoms with Crippen LogP contribution in [0.2, 0.25) is 0 Å². The van der Waals surface area contributed by atoms with Gasteiger partial charge in [0.05, 0.1) is 6.04 Å². The first-order chi connectivity index (χ1) is 11.3. The maximum absolute atomic E-state index is 12.2. The topological polar surface area (TPSA) is 35.6 Å². The van der Waals surface area contributed by atoms with Gasteiger partial charge in [0.25, 0.3) is 0 Å². The van der Waals surface area contributed by atoms with Crippen molar-refractivity contribution < 1.29 is 18.0 Å². The van der Waals surface area contributed by atoms with Gasteiger partial charge in [0.2, 0.25) is 5.91 Å². The molecule has 1 heterocycles. The van der Waals surface area contributed by atoms with E-state index < -0.39 is 24.7 Å². The molecule has 0 unspecified atom stereocenters. The monoisotopic (exact) mass is 343 g/mol. The lowest BCUT2D eigenvalue weighted by atomic mass is 10.1. The van der Waals surface area contributed by atoms with Crippen molar-refractivity contribution in [3.8, 4) is 0 Å². The largest absolute Gasteiger partial charge is 0.405 e. The van der Waals surface area contributed by atoms with Crippen molar-refractivity contribution in [1.82, 2.24) is 15.1 Å². The van der Waals surface area contributed by atoms with Crippen LogP contribution in [0.5, 0.6) is 0 Å². The van der Waals surface area contributed by atoms with Gasteiger partial charge in [-0.3, -0.25) is 14.6 Å². The Balaban J connectivity index is 1.79. The van der Waals surface area contributed by atoms with Crippen LogP contribution in [0.1, 0.15) is 18.1 Å². The molecule has 1 aliphatic heterocycles. The molecule has 2 rings (SSSR count). The number of nitrogens with zero attached hydrogens (tertiary/aromatic N) is 2. The standard InChI is InChI=1S/C17H24F3N3O/c1-13-5-3-4-6-15(13)11-22-7-9-23(10-8-22)14(2)16(24)21-12-17(18,19)20/h3-6,14H,7-12H2,1-2H3,(H,21,24)/t14-/m1/s1. The molecule has 1 N–H and O–H groups in total. The van der Waals surface area contributed by atoms with E-state index in [9.17, 15) is 18.0 Å². The number of carbonyl (C=O) groups excluding carboxylic acids is 1. The SMILES string of the molecule is Cc1ccccc1CN1CCN([C@H](C)C(=O)NCC(F)(F)F)CC1. The third-order valence-electron chi connectivity index (χ3n) is 4.45. The quantitative estimate of drug-likeness (QED) is 0.890. The zero-order valence-electron chi connectivity index (χ0n) is 14.1. The second-order valence-corrected chi connectivity index (χ2v) is 6.25. The number of hydrogen-bond acceptors (Lipinski definition) is 3. The highest BCUT2D eigenvalue weighted by Crippen LogP contribution is 2.15. The number of nitrogens with one attached hydrogen (secondary N) is 1. The van der Waals surface area contributed by atoms with Crippen LogP contribution >= 0.6 is 0 Å². The highest BCUT2D eigenvalue weighted by molar-refractivity contribution is 5.81. The highest BCUT2D eigenvalue weighted by Gasteiger charge is 2.31. The fraction of sp³-hybridized carbons (Fsp3) is 0.588. The Morgan fingerprint density at radius 1 is 1.21 bits per heavy atom. The van der Waals surface area contributed by atoms with Crippen molar-refractivity contribution in [2.75, 3.05) is 32.7 Å². The third kappa shape index (κ3) is 5.49. The average molecular weight is 343 g/mol. The lowest BCUT2D eigenvalue weighted by Crippen LogP contribution is -2.54. The Morgan fingerprint density at radius 3 is 2.42 bits per heavy atom. The molecule has 0 radical (unpaired) electrons. The smallest absolute Gasteiger partial charge is 0.346 e. The summed E-state index contributed by atoms with van der Waals surface area (Å²) in [4.78, 5) is 16.1. The third-order valence-corrected chi connectivity index (χ3v) is 4.45. The summed E-state index contributed by atoms with van der Waals surface area (Å²) in [6, 6.07) is 7.67. The van der Waals surface area contributed by atoms with Crippen LogP contribution in [0.4, 0.5) is 13.2 Å². The van der Waals surface area contributed by atoms with Crippen molar-refractivity contribution in [1.29, 1.82) is 0 Å². The molecule has 1 aromatic carbocycles. The minimum Gasteiger partial charge on any atom is -0.346 e. The Hall–Kier alpha value is -1.60. The lowest BCUT2D eigenvalue weighted by molar-refractivity contribution is -0.141. The zero-order valence-corrected chi connectivity index (χ0v) is 14.1. The van der Waals surface area contributed by atoms with Crippen molar-refractivity contribution >= 4 is 5.91 Å². The number of alkyl halides is 3. The van der Waals surface area contributed by atoms with Crippen molar-refractivity contribution in [2.45, 2.75) is 32.6 Å². The molecule has 1 amide bonds. The van der Waals surface area contributed by atoms with E-state index in [1.165, 1.54) is 11.1 Å². The minimum absolute atomic E-state index is 0.548. The van der Waals surface area contributed by atoms with E-state index in [1.807, 2.05) is 22.3 Å². The Morgan fingerprint density at radius 2 is 1.83 bits per heavy atom. The van der Waals surface area contributed by atoms with Gasteiger partial charge in [0.1, 0.15) is 6.54 Å². The number of benzene rings is 1. The number of hydrogen-bond donors (Lipinski definition) is 1. The van der Waals surface area contributed by atoms with Gasteiger partial charge < -0.3 is 5.32 Å². The van der Waals surface area contributed by atoms with Crippen LogP contribution in [-0.2, 0) is 11.3 Å². The van der Waals surface area contributed by atoms with E-state index >= 15 is 0 Å². The number of halogens is 3. The first-order valence-electron chi connectivity index (χ1n) is 8.11. The molecule has 0 bridgehead atoms. The van der Waals surface area contributed by atoms with E-state index in [1.54, 1.807) is 6.92 Å². The van der Waals surface area contributed by atoms with E-state index in [-0.39, 0.29) is 0 Å². The molecule has 0 spiro atoms. The summed E-state index contributed by atoms with van der Waals surface area (Å²) in [5.41, 5.74) is 2.53. The first kappa shape index (κ1) is 18.7. The van der Waals surface area contributed by atoms with Crippen LogP contribution in [0, 0.1) is 6.92 Å². The van der Waals surface area contributed by atoms with Crippen molar-refractivity contribution in [2.24, 2.45) is 0 Å². The minimum atomic E-state index is -4.37. The predicted molar refractivity (Wildman–Crippen MR) is 86.6 cm³/mol. The van der Waals surface area contributed by atoms with E-state index in [2.05, 4.69) is 24.0 Å². The molecule has 4 nitrogen and oxygen atoms in total. The number of carbonyl (C=O) groups is 1. The summed E-state index contributed by atoms with van der Waals surface area (Å²) in [5, 5.41) is 1.96. The highest BCUT2D eigenvalue weighted by atomic mass is 19.4.